The SMILES string of the molecule is C[C@@]1(Cc2ccc(-c3cncnc3)cc2)C(=O)N(c2cc(Cl)cc(Cl)c2)c2ncc(S(=O)(=O)N3CC(C(=O)NCc4ccccc4)C3)n21. The van der Waals surface area contributed by atoms with Crippen molar-refractivity contribution in [3.63, 3.8) is 0 Å². The molecule has 1 atom stereocenters. The van der Waals surface area contributed by atoms with E-state index in [0.29, 0.717) is 22.3 Å². The van der Waals surface area contributed by atoms with Crippen LogP contribution in [0.2, 0.25) is 10.0 Å². The molecule has 4 heterocycles. The first kappa shape index (κ1) is 32.0. The van der Waals surface area contributed by atoms with Crippen LogP contribution < -0.4 is 10.2 Å². The number of hydrogen-bond donors (Lipinski definition) is 1. The minimum atomic E-state index is -4.16. The van der Waals surface area contributed by atoms with E-state index in [1.807, 2.05) is 54.6 Å². The monoisotopic (exact) mass is 701 g/mol. The maximum absolute atomic E-state index is 14.4. The fourth-order valence-corrected chi connectivity index (χ4v) is 8.37. The second kappa shape index (κ2) is 12.4. The lowest BCUT2D eigenvalue weighted by atomic mass is 9.91. The van der Waals surface area contributed by atoms with E-state index in [9.17, 15) is 18.0 Å². The number of halogens is 2. The Morgan fingerprint density at radius 2 is 1.58 bits per heavy atom. The molecule has 2 aromatic heterocycles. The van der Waals surface area contributed by atoms with E-state index < -0.39 is 27.4 Å². The van der Waals surface area contributed by atoms with E-state index >= 15 is 0 Å². The van der Waals surface area contributed by atoms with Gasteiger partial charge in [-0.3, -0.25) is 14.2 Å². The van der Waals surface area contributed by atoms with Crippen molar-refractivity contribution >= 4 is 56.7 Å². The lowest BCUT2D eigenvalue weighted by Crippen LogP contribution is -2.56. The molecule has 0 saturated carbocycles. The van der Waals surface area contributed by atoms with E-state index in [1.165, 1.54) is 26.3 Å². The molecular weight excluding hydrogens is 673 g/mol. The molecule has 5 aromatic rings. The number of fused-ring (bicyclic) bond motifs is 1. The second-order valence-corrected chi connectivity index (χ2v) is 14.8. The van der Waals surface area contributed by atoms with Crippen LogP contribution in [0.4, 0.5) is 11.6 Å². The second-order valence-electron chi connectivity index (χ2n) is 12.0. The van der Waals surface area contributed by atoms with Crippen LogP contribution in [0.5, 0.6) is 0 Å². The van der Waals surface area contributed by atoms with Gasteiger partial charge < -0.3 is 5.32 Å². The van der Waals surface area contributed by atoms with Gasteiger partial charge in [0.05, 0.1) is 17.8 Å². The minimum Gasteiger partial charge on any atom is -0.352 e. The Labute approximate surface area is 287 Å². The van der Waals surface area contributed by atoms with Gasteiger partial charge in [0.2, 0.25) is 11.9 Å². The summed E-state index contributed by atoms with van der Waals surface area (Å²) in [5.41, 5.74) is 2.42. The van der Waals surface area contributed by atoms with Gasteiger partial charge >= 0.3 is 0 Å². The third-order valence-corrected chi connectivity index (χ3v) is 10.9. The zero-order valence-electron chi connectivity index (χ0n) is 25.6. The zero-order chi connectivity index (χ0) is 33.6. The van der Waals surface area contributed by atoms with Crippen LogP contribution in [-0.2, 0) is 38.1 Å². The maximum atomic E-state index is 14.4. The number of carbonyl (C=O) groups excluding carboxylic acids is 2. The molecule has 7 rings (SSSR count). The summed E-state index contributed by atoms with van der Waals surface area (Å²) in [5, 5.41) is 3.35. The van der Waals surface area contributed by atoms with Crippen molar-refractivity contribution in [2.75, 3.05) is 18.0 Å². The highest BCUT2D eigenvalue weighted by Gasteiger charge is 2.53. The fourth-order valence-electron chi connectivity index (χ4n) is 6.14. The average molecular weight is 703 g/mol. The molecule has 14 heteroatoms. The van der Waals surface area contributed by atoms with Crippen molar-refractivity contribution in [2.24, 2.45) is 5.92 Å². The number of carbonyl (C=O) groups is 2. The van der Waals surface area contributed by atoms with Gasteiger partial charge in [-0.15, -0.1) is 0 Å². The average Bonchev–Trinajstić information content (AvgIpc) is 3.58. The summed E-state index contributed by atoms with van der Waals surface area (Å²) < 4.78 is 31.0. The molecular formula is C34H29Cl2N7O4S. The van der Waals surface area contributed by atoms with Crippen molar-refractivity contribution in [3.8, 4) is 11.1 Å². The lowest BCUT2D eigenvalue weighted by molar-refractivity contribution is -0.128. The van der Waals surface area contributed by atoms with Gasteiger partial charge in [-0.2, -0.15) is 4.31 Å². The quantitative estimate of drug-likeness (QED) is 0.223. The number of imidazole rings is 1. The van der Waals surface area contributed by atoms with E-state index in [4.69, 9.17) is 23.2 Å². The Balaban J connectivity index is 1.19. The lowest BCUT2D eigenvalue weighted by Gasteiger charge is -2.37. The van der Waals surface area contributed by atoms with Gasteiger partial charge in [0.1, 0.15) is 11.9 Å². The Bertz CT molecular complexity index is 2100. The van der Waals surface area contributed by atoms with E-state index in [1.54, 1.807) is 37.5 Å². The molecule has 2 aliphatic heterocycles. The zero-order valence-corrected chi connectivity index (χ0v) is 28.0. The number of nitrogens with one attached hydrogen (secondary N) is 1. The van der Waals surface area contributed by atoms with Crippen molar-refractivity contribution in [2.45, 2.75) is 30.5 Å². The van der Waals surface area contributed by atoms with Crippen molar-refractivity contribution in [1.82, 2.24) is 29.1 Å². The number of anilines is 2. The highest BCUT2D eigenvalue weighted by molar-refractivity contribution is 7.89. The summed E-state index contributed by atoms with van der Waals surface area (Å²) in [6, 6.07) is 21.8. The van der Waals surface area contributed by atoms with Crippen LogP contribution in [0, 0.1) is 5.92 Å². The molecule has 2 aliphatic rings. The molecule has 1 N–H and O–H groups in total. The highest BCUT2D eigenvalue weighted by atomic mass is 35.5. The first-order chi connectivity index (χ1) is 23.0. The Hall–Kier alpha value is -4.62. The van der Waals surface area contributed by atoms with Crippen molar-refractivity contribution in [3.05, 3.63) is 119 Å². The van der Waals surface area contributed by atoms with E-state index in [-0.39, 0.29) is 36.4 Å². The number of aromatic nitrogens is 4. The van der Waals surface area contributed by atoms with E-state index in [2.05, 4.69) is 20.3 Å². The molecule has 0 radical (unpaired) electrons. The Kier molecular flexibility index (Phi) is 8.28. The standard InChI is InChI=1S/C34H29Cl2N7O4S/c1-34(14-22-7-9-24(10-8-22)25-16-37-21-38-17-25)32(45)42(29-12-27(35)11-28(36)13-29)33-40-18-30(43(33)34)48(46,47)41-19-26(20-41)31(44)39-15-23-5-3-2-4-6-23/h2-13,16-18,21,26H,14-15,19-20H2,1H3,(H,39,44)/t34-/m1/s1. The summed E-state index contributed by atoms with van der Waals surface area (Å²) in [6.07, 6.45) is 6.28. The van der Waals surface area contributed by atoms with Gasteiger partial charge in [-0.1, -0.05) is 77.8 Å². The summed E-state index contributed by atoms with van der Waals surface area (Å²) in [6.45, 7) is 2.06. The van der Waals surface area contributed by atoms with Gasteiger partial charge in [0, 0.05) is 54.1 Å². The predicted molar refractivity (Wildman–Crippen MR) is 181 cm³/mol. The fraction of sp³-hybridized carbons (Fsp3) is 0.206. The molecule has 0 aliphatic carbocycles. The number of rotatable bonds is 9. The van der Waals surface area contributed by atoms with Crippen molar-refractivity contribution < 1.29 is 18.0 Å². The molecule has 11 nitrogen and oxygen atoms in total. The smallest absolute Gasteiger partial charge is 0.260 e. The first-order valence-electron chi connectivity index (χ1n) is 15.1. The van der Waals surface area contributed by atoms with Crippen LogP contribution in [-0.4, -0.2) is 57.1 Å². The summed E-state index contributed by atoms with van der Waals surface area (Å²) in [4.78, 5) is 41.2. The summed E-state index contributed by atoms with van der Waals surface area (Å²) >= 11 is 12.6. The van der Waals surface area contributed by atoms with E-state index in [0.717, 1.165) is 22.3 Å². The third kappa shape index (κ3) is 5.74. The van der Waals surface area contributed by atoms with Crippen LogP contribution in [0.25, 0.3) is 11.1 Å². The summed E-state index contributed by atoms with van der Waals surface area (Å²) in [7, 11) is -4.16. The number of amides is 2. The van der Waals surface area contributed by atoms with Crippen LogP contribution >= 0.6 is 23.2 Å². The predicted octanol–water partition coefficient (Wildman–Crippen LogP) is 5.22. The molecule has 3 aromatic carbocycles. The first-order valence-corrected chi connectivity index (χ1v) is 17.3. The van der Waals surface area contributed by atoms with Crippen molar-refractivity contribution in [1.29, 1.82) is 0 Å². The molecule has 1 fully saturated rings. The highest BCUT2D eigenvalue weighted by Crippen LogP contribution is 2.45. The number of hydrogen-bond acceptors (Lipinski definition) is 7. The largest absolute Gasteiger partial charge is 0.352 e. The Morgan fingerprint density at radius 3 is 2.25 bits per heavy atom. The van der Waals surface area contributed by atoms with Crippen LogP contribution in [0.3, 0.4) is 0 Å². The van der Waals surface area contributed by atoms with Crippen LogP contribution in [0.15, 0.2) is 103 Å². The Morgan fingerprint density at radius 1 is 0.917 bits per heavy atom. The third-order valence-electron chi connectivity index (χ3n) is 8.70. The van der Waals surface area contributed by atoms with Crippen LogP contribution in [0.1, 0.15) is 18.1 Å². The van der Waals surface area contributed by atoms with Gasteiger partial charge in [0.25, 0.3) is 15.9 Å². The molecule has 2 amide bonds. The molecule has 1 saturated heterocycles. The number of benzene rings is 3. The molecule has 0 bridgehead atoms. The molecule has 48 heavy (non-hydrogen) atoms. The minimum absolute atomic E-state index is 0.00636. The number of nitrogens with zero attached hydrogens (tertiary/aromatic N) is 6. The molecule has 0 unspecified atom stereocenters. The number of sulfonamides is 1. The summed E-state index contributed by atoms with van der Waals surface area (Å²) in [5.74, 6) is -1.01. The maximum Gasteiger partial charge on any atom is 0.260 e. The van der Waals surface area contributed by atoms with Gasteiger partial charge in [-0.25, -0.2) is 28.3 Å². The van der Waals surface area contributed by atoms with Gasteiger partial charge in [0.15, 0.2) is 5.03 Å². The molecule has 244 valence electrons. The normalized spacial score (nSPS) is 18.1. The topological polar surface area (TPSA) is 130 Å². The molecule has 0 spiro atoms. The van der Waals surface area contributed by atoms with Gasteiger partial charge in [-0.05, 0) is 41.8 Å².